The van der Waals surface area contributed by atoms with Crippen LogP contribution < -0.4 is 14.6 Å². The SMILES string of the molecule is CCCCOc1ccc(/C=C2\SC(=S)N([C@@H](CO)C(=O)[O-])C2=O)cc1OC. The Morgan fingerprint density at radius 1 is 1.44 bits per heavy atom. The number of hydrogen-bond donors (Lipinski definition) is 1. The maximum Gasteiger partial charge on any atom is 0.266 e. The van der Waals surface area contributed by atoms with Crippen molar-refractivity contribution in [3.05, 3.63) is 28.7 Å². The van der Waals surface area contributed by atoms with Crippen molar-refractivity contribution in [3.63, 3.8) is 0 Å². The summed E-state index contributed by atoms with van der Waals surface area (Å²) in [4.78, 5) is 24.7. The van der Waals surface area contributed by atoms with Gasteiger partial charge in [-0.15, -0.1) is 0 Å². The number of rotatable bonds is 9. The smallest absolute Gasteiger partial charge is 0.266 e. The zero-order valence-electron chi connectivity index (χ0n) is 15.0. The highest BCUT2D eigenvalue weighted by molar-refractivity contribution is 8.26. The molecule has 7 nitrogen and oxygen atoms in total. The molecule has 0 unspecified atom stereocenters. The van der Waals surface area contributed by atoms with Crippen LogP contribution in [0.2, 0.25) is 0 Å². The average molecular weight is 410 g/mol. The fourth-order valence-corrected chi connectivity index (χ4v) is 3.74. The van der Waals surface area contributed by atoms with Gasteiger partial charge in [-0.2, -0.15) is 0 Å². The lowest BCUT2D eigenvalue weighted by Crippen LogP contribution is -2.51. The van der Waals surface area contributed by atoms with E-state index in [1.165, 1.54) is 7.11 Å². The Balaban J connectivity index is 2.24. The van der Waals surface area contributed by atoms with Crippen LogP contribution in [0.4, 0.5) is 0 Å². The Morgan fingerprint density at radius 2 is 2.19 bits per heavy atom. The average Bonchev–Trinajstić information content (AvgIpc) is 2.91. The van der Waals surface area contributed by atoms with Crippen LogP contribution in [0.25, 0.3) is 6.08 Å². The van der Waals surface area contributed by atoms with Gasteiger partial charge in [0, 0.05) is 0 Å². The molecule has 27 heavy (non-hydrogen) atoms. The fraction of sp³-hybridized carbons (Fsp3) is 0.389. The first-order valence-electron chi connectivity index (χ1n) is 8.32. The van der Waals surface area contributed by atoms with Gasteiger partial charge >= 0.3 is 0 Å². The van der Waals surface area contributed by atoms with Crippen LogP contribution in [0, 0.1) is 0 Å². The van der Waals surface area contributed by atoms with Crippen molar-refractivity contribution < 1.29 is 29.3 Å². The minimum Gasteiger partial charge on any atom is -0.548 e. The van der Waals surface area contributed by atoms with Crippen molar-refractivity contribution in [3.8, 4) is 11.5 Å². The Bertz CT molecular complexity index is 764. The number of unbranched alkanes of at least 4 members (excludes halogenated alkanes) is 1. The van der Waals surface area contributed by atoms with Crippen LogP contribution in [0.5, 0.6) is 11.5 Å². The summed E-state index contributed by atoms with van der Waals surface area (Å²) < 4.78 is 11.1. The zero-order chi connectivity index (χ0) is 20.0. The molecule has 1 N–H and O–H groups in total. The van der Waals surface area contributed by atoms with Crippen LogP contribution in [0.3, 0.4) is 0 Å². The third-order valence-corrected chi connectivity index (χ3v) is 5.15. The predicted octanol–water partition coefficient (Wildman–Crippen LogP) is 1.19. The Labute approximate surface area is 166 Å². The summed E-state index contributed by atoms with van der Waals surface area (Å²) in [6.45, 7) is 1.87. The number of thiocarbonyl (C=S) groups is 1. The predicted molar refractivity (Wildman–Crippen MR) is 104 cm³/mol. The summed E-state index contributed by atoms with van der Waals surface area (Å²) in [6.07, 6.45) is 3.53. The first-order chi connectivity index (χ1) is 12.9. The zero-order valence-corrected chi connectivity index (χ0v) is 16.6. The third kappa shape index (κ3) is 5.00. The van der Waals surface area contributed by atoms with Gasteiger partial charge in [0.15, 0.2) is 11.5 Å². The minimum absolute atomic E-state index is 0.0565. The molecular formula is C18H20NO6S2-. The van der Waals surface area contributed by atoms with Gasteiger partial charge in [0.25, 0.3) is 5.91 Å². The molecule has 0 radical (unpaired) electrons. The van der Waals surface area contributed by atoms with Crippen molar-refractivity contribution in [2.24, 2.45) is 0 Å². The van der Waals surface area contributed by atoms with Gasteiger partial charge in [-0.3, -0.25) is 9.69 Å². The monoisotopic (exact) mass is 410 g/mol. The van der Waals surface area contributed by atoms with E-state index in [-0.39, 0.29) is 9.23 Å². The van der Waals surface area contributed by atoms with E-state index in [9.17, 15) is 19.8 Å². The van der Waals surface area contributed by atoms with Crippen LogP contribution in [-0.4, -0.2) is 52.6 Å². The lowest BCUT2D eigenvalue weighted by molar-refractivity contribution is -0.311. The normalized spacial score (nSPS) is 16.7. The number of carbonyl (C=O) groups is 2. The summed E-state index contributed by atoms with van der Waals surface area (Å²) in [7, 11) is 1.52. The van der Waals surface area contributed by atoms with Gasteiger partial charge in [-0.1, -0.05) is 43.4 Å². The molecule has 0 aliphatic carbocycles. The van der Waals surface area contributed by atoms with Crippen molar-refractivity contribution >= 4 is 46.3 Å². The van der Waals surface area contributed by atoms with E-state index >= 15 is 0 Å². The first kappa shape index (κ1) is 21.2. The Morgan fingerprint density at radius 3 is 2.78 bits per heavy atom. The number of amides is 1. The minimum atomic E-state index is -1.56. The molecule has 1 heterocycles. The van der Waals surface area contributed by atoms with E-state index in [4.69, 9.17) is 21.7 Å². The maximum absolute atomic E-state index is 12.5. The number of ether oxygens (including phenoxy) is 2. The Kier molecular flexibility index (Phi) is 7.64. The van der Waals surface area contributed by atoms with E-state index in [1.54, 1.807) is 24.3 Å². The van der Waals surface area contributed by atoms with Crippen molar-refractivity contribution in [2.45, 2.75) is 25.8 Å². The molecule has 1 atom stereocenters. The summed E-state index contributed by atoms with van der Waals surface area (Å²) in [6, 6.07) is 3.72. The number of aliphatic hydroxyl groups excluding tert-OH is 1. The summed E-state index contributed by atoms with van der Waals surface area (Å²) >= 11 is 6.05. The van der Waals surface area contributed by atoms with Gasteiger partial charge in [-0.05, 0) is 30.2 Å². The number of benzene rings is 1. The molecule has 0 bridgehead atoms. The Hall–Kier alpha value is -2.10. The highest BCUT2D eigenvalue weighted by atomic mass is 32.2. The standard InChI is InChI=1S/C18H21NO6S2/c1-3-4-7-25-13-6-5-11(8-14(13)24-2)9-15-16(21)19(18(26)27-15)12(10-20)17(22)23/h5-6,8-9,12,20H,3-4,7,10H2,1-2H3,(H,22,23)/p-1/b15-9-/t12-/m0/s1. The molecule has 0 aromatic heterocycles. The summed E-state index contributed by atoms with van der Waals surface area (Å²) in [5, 5.41) is 20.3. The summed E-state index contributed by atoms with van der Waals surface area (Å²) in [5.41, 5.74) is 0.671. The fourth-order valence-electron chi connectivity index (χ4n) is 2.38. The number of aliphatic hydroxyl groups is 1. The van der Waals surface area contributed by atoms with E-state index in [0.29, 0.717) is 23.7 Å². The van der Waals surface area contributed by atoms with Gasteiger partial charge < -0.3 is 24.5 Å². The van der Waals surface area contributed by atoms with Crippen molar-refractivity contribution in [2.75, 3.05) is 20.3 Å². The number of carbonyl (C=O) groups excluding carboxylic acids is 2. The second-order valence-corrected chi connectivity index (χ2v) is 7.36. The van der Waals surface area contributed by atoms with Crippen LogP contribution in [0.15, 0.2) is 23.1 Å². The molecule has 0 saturated carbocycles. The van der Waals surface area contributed by atoms with E-state index in [2.05, 4.69) is 6.92 Å². The van der Waals surface area contributed by atoms with E-state index in [0.717, 1.165) is 29.5 Å². The molecule has 1 aromatic carbocycles. The third-order valence-electron chi connectivity index (χ3n) is 3.82. The maximum atomic E-state index is 12.5. The van der Waals surface area contributed by atoms with E-state index in [1.807, 2.05) is 0 Å². The summed E-state index contributed by atoms with van der Waals surface area (Å²) in [5.74, 6) is -1.02. The number of carboxylic acid groups (broad SMARTS) is 1. The highest BCUT2D eigenvalue weighted by Crippen LogP contribution is 2.35. The molecule has 9 heteroatoms. The number of aliphatic carboxylic acids is 1. The second-order valence-electron chi connectivity index (χ2n) is 5.68. The van der Waals surface area contributed by atoms with Crippen molar-refractivity contribution in [1.82, 2.24) is 4.90 Å². The molecular weight excluding hydrogens is 390 g/mol. The first-order valence-corrected chi connectivity index (χ1v) is 9.55. The lowest BCUT2D eigenvalue weighted by atomic mass is 10.1. The number of methoxy groups -OCH3 is 1. The van der Waals surface area contributed by atoms with Crippen LogP contribution >= 0.6 is 24.0 Å². The highest BCUT2D eigenvalue weighted by Gasteiger charge is 2.37. The molecule has 2 rings (SSSR count). The number of nitrogens with zero attached hydrogens (tertiary/aromatic N) is 1. The molecule has 1 saturated heterocycles. The number of hydrogen-bond acceptors (Lipinski definition) is 8. The molecule has 1 aliphatic heterocycles. The molecule has 1 fully saturated rings. The topological polar surface area (TPSA) is 99.1 Å². The number of carboxylic acids is 1. The van der Waals surface area contributed by atoms with Gasteiger partial charge in [0.05, 0.1) is 31.2 Å². The second kappa shape index (κ2) is 9.72. The quantitative estimate of drug-likeness (QED) is 0.368. The molecule has 1 aromatic rings. The van der Waals surface area contributed by atoms with Crippen LogP contribution in [-0.2, 0) is 9.59 Å². The number of thioether (sulfide) groups is 1. The van der Waals surface area contributed by atoms with Gasteiger partial charge in [0.2, 0.25) is 0 Å². The lowest BCUT2D eigenvalue weighted by Gasteiger charge is -2.25. The molecule has 1 aliphatic rings. The van der Waals surface area contributed by atoms with Crippen molar-refractivity contribution in [1.29, 1.82) is 0 Å². The molecule has 0 spiro atoms. The molecule has 146 valence electrons. The largest absolute Gasteiger partial charge is 0.548 e. The van der Waals surface area contributed by atoms with Gasteiger partial charge in [0.1, 0.15) is 10.4 Å². The van der Waals surface area contributed by atoms with Gasteiger partial charge in [-0.25, -0.2) is 0 Å². The molecule has 1 amide bonds. The van der Waals surface area contributed by atoms with E-state index < -0.39 is 24.5 Å². The van der Waals surface area contributed by atoms with Crippen LogP contribution in [0.1, 0.15) is 25.3 Å².